The molecule has 2 aromatic carbocycles. The van der Waals surface area contributed by atoms with Crippen LogP contribution in [0.15, 0.2) is 65.6 Å². The van der Waals surface area contributed by atoms with Gasteiger partial charge in [0.1, 0.15) is 6.04 Å². The summed E-state index contributed by atoms with van der Waals surface area (Å²) in [5, 5.41) is 13.9. The number of carbonyl (C=O) groups excluding carboxylic acids is 2. The van der Waals surface area contributed by atoms with Gasteiger partial charge in [-0.3, -0.25) is 9.59 Å². The lowest BCUT2D eigenvalue weighted by molar-refractivity contribution is -0.141. The molecule has 0 unspecified atom stereocenters. The predicted molar refractivity (Wildman–Crippen MR) is 101 cm³/mol. The van der Waals surface area contributed by atoms with E-state index in [4.69, 9.17) is 0 Å². The number of benzene rings is 2. The third-order valence-corrected chi connectivity index (χ3v) is 5.62. The van der Waals surface area contributed by atoms with E-state index in [1.54, 1.807) is 48.5 Å². The van der Waals surface area contributed by atoms with E-state index >= 15 is 0 Å². The topological polar surface area (TPSA) is 130 Å². The molecule has 0 spiro atoms. The Morgan fingerprint density at radius 3 is 2.07 bits per heavy atom. The Bertz CT molecular complexity index is 929. The van der Waals surface area contributed by atoms with Crippen molar-refractivity contribution in [2.45, 2.75) is 17.4 Å². The van der Waals surface area contributed by atoms with Gasteiger partial charge in [-0.2, -0.15) is 0 Å². The zero-order valence-electron chi connectivity index (χ0n) is 14.9. The van der Waals surface area contributed by atoms with Gasteiger partial charge in [0.2, 0.25) is 5.91 Å². The molecule has 8 nitrogen and oxygen atoms in total. The summed E-state index contributed by atoms with van der Waals surface area (Å²) in [5.74, 6) is -3.00. The van der Waals surface area contributed by atoms with E-state index in [-0.39, 0.29) is 11.3 Å². The van der Waals surface area contributed by atoms with Gasteiger partial charge in [0.05, 0.1) is 17.2 Å². The van der Waals surface area contributed by atoms with Crippen LogP contribution in [-0.2, 0) is 19.4 Å². The van der Waals surface area contributed by atoms with Crippen molar-refractivity contribution in [3.8, 4) is 0 Å². The lowest BCUT2D eigenvalue weighted by atomic mass is 10.2. The number of nitrogens with one attached hydrogen (secondary N) is 2. The quantitative estimate of drug-likeness (QED) is 0.568. The molecule has 0 fully saturated rings. The first-order chi connectivity index (χ1) is 13.3. The van der Waals surface area contributed by atoms with E-state index in [1.807, 2.05) is 0 Å². The highest BCUT2D eigenvalue weighted by Crippen LogP contribution is 2.12. The summed E-state index contributed by atoms with van der Waals surface area (Å²) in [4.78, 5) is 35.3. The summed E-state index contributed by atoms with van der Waals surface area (Å²) in [5.41, 5.74) is 0.360. The molecule has 2 aromatic rings. The normalized spacial score (nSPS) is 12.0. The van der Waals surface area contributed by atoms with Crippen molar-refractivity contribution >= 4 is 27.6 Å². The maximum atomic E-state index is 12.3. The maximum Gasteiger partial charge on any atom is 0.326 e. The van der Waals surface area contributed by atoms with Gasteiger partial charge in [-0.1, -0.05) is 36.4 Å². The van der Waals surface area contributed by atoms with Crippen molar-refractivity contribution in [1.29, 1.82) is 0 Å². The summed E-state index contributed by atoms with van der Waals surface area (Å²) in [6.07, 6.45) is -0.301. The standard InChI is InChI=1S/C19H20N2O6S/c22-17(13-20-18(23)14-7-3-1-4-8-14)21-16(19(24)25)11-12-28(26,27)15-9-5-2-6-10-15/h1-10,16H,11-13H2,(H,20,23)(H,21,22)(H,24,25)/t16-/m0/s1. The number of carboxylic acids is 1. The number of amides is 2. The molecule has 2 rings (SSSR count). The Labute approximate surface area is 162 Å². The maximum absolute atomic E-state index is 12.3. The molecule has 2 amide bonds. The smallest absolute Gasteiger partial charge is 0.326 e. The molecule has 148 valence electrons. The Balaban J connectivity index is 1.89. The summed E-state index contributed by atoms with van der Waals surface area (Å²) in [6, 6.07) is 14.5. The first kappa shape index (κ1) is 21.1. The molecule has 0 saturated carbocycles. The Morgan fingerprint density at radius 1 is 0.929 bits per heavy atom. The molecule has 1 atom stereocenters. The van der Waals surface area contributed by atoms with Crippen LogP contribution in [0, 0.1) is 0 Å². The molecule has 0 aliphatic heterocycles. The molecule has 3 N–H and O–H groups in total. The van der Waals surface area contributed by atoms with Crippen LogP contribution in [0.1, 0.15) is 16.8 Å². The summed E-state index contributed by atoms with van der Waals surface area (Å²) >= 11 is 0. The van der Waals surface area contributed by atoms with Crippen LogP contribution in [0.3, 0.4) is 0 Å². The second kappa shape index (κ2) is 9.65. The minimum atomic E-state index is -3.67. The first-order valence-electron chi connectivity index (χ1n) is 8.43. The highest BCUT2D eigenvalue weighted by Gasteiger charge is 2.24. The molecule has 0 saturated heterocycles. The highest BCUT2D eigenvalue weighted by atomic mass is 32.2. The van der Waals surface area contributed by atoms with Gasteiger partial charge in [-0.15, -0.1) is 0 Å². The highest BCUT2D eigenvalue weighted by molar-refractivity contribution is 7.91. The van der Waals surface area contributed by atoms with Crippen LogP contribution in [0.25, 0.3) is 0 Å². The average molecular weight is 404 g/mol. The van der Waals surface area contributed by atoms with E-state index in [9.17, 15) is 27.9 Å². The zero-order chi connectivity index (χ0) is 20.6. The number of hydrogen-bond acceptors (Lipinski definition) is 5. The van der Waals surface area contributed by atoms with Crippen molar-refractivity contribution in [1.82, 2.24) is 10.6 Å². The zero-order valence-corrected chi connectivity index (χ0v) is 15.7. The van der Waals surface area contributed by atoms with Gasteiger partial charge in [-0.25, -0.2) is 13.2 Å². The fraction of sp³-hybridized carbons (Fsp3) is 0.211. The first-order valence-corrected chi connectivity index (χ1v) is 10.1. The van der Waals surface area contributed by atoms with Crippen molar-refractivity contribution < 1.29 is 27.9 Å². The second-order valence-electron chi connectivity index (χ2n) is 5.93. The number of rotatable bonds is 9. The van der Waals surface area contributed by atoms with Gasteiger partial charge < -0.3 is 15.7 Å². The SMILES string of the molecule is O=C(CNC(=O)c1ccccc1)N[C@@H](CCS(=O)(=O)c1ccccc1)C(=O)O. The number of carbonyl (C=O) groups is 3. The Kier molecular flexibility index (Phi) is 7.28. The Morgan fingerprint density at radius 2 is 1.50 bits per heavy atom. The van der Waals surface area contributed by atoms with Gasteiger partial charge in [0.15, 0.2) is 9.84 Å². The fourth-order valence-corrected chi connectivity index (χ4v) is 3.73. The van der Waals surface area contributed by atoms with Crippen LogP contribution in [0.2, 0.25) is 0 Å². The van der Waals surface area contributed by atoms with E-state index in [0.717, 1.165) is 0 Å². The van der Waals surface area contributed by atoms with Gasteiger partial charge >= 0.3 is 5.97 Å². The minimum Gasteiger partial charge on any atom is -0.480 e. The molecule has 9 heteroatoms. The van der Waals surface area contributed by atoms with Crippen LogP contribution >= 0.6 is 0 Å². The van der Waals surface area contributed by atoms with Gasteiger partial charge in [0.25, 0.3) is 5.91 Å². The minimum absolute atomic E-state index is 0.0839. The second-order valence-corrected chi connectivity index (χ2v) is 8.04. The molecule has 0 radical (unpaired) electrons. The summed E-state index contributed by atoms with van der Waals surface area (Å²) in [6.45, 7) is -0.428. The lowest BCUT2D eigenvalue weighted by Gasteiger charge is -2.15. The number of carboxylic acid groups (broad SMARTS) is 1. The van der Waals surface area contributed by atoms with E-state index in [2.05, 4.69) is 10.6 Å². The van der Waals surface area contributed by atoms with Gasteiger partial charge in [0, 0.05) is 5.56 Å². The molecule has 0 aromatic heterocycles. The third-order valence-electron chi connectivity index (χ3n) is 3.86. The van der Waals surface area contributed by atoms with Crippen LogP contribution in [-0.4, -0.2) is 49.6 Å². The monoisotopic (exact) mass is 404 g/mol. The lowest BCUT2D eigenvalue weighted by Crippen LogP contribution is -2.46. The molecular weight excluding hydrogens is 384 g/mol. The fourth-order valence-electron chi connectivity index (χ4n) is 2.37. The predicted octanol–water partition coefficient (Wildman–Crippen LogP) is 0.850. The summed E-state index contributed by atoms with van der Waals surface area (Å²) < 4.78 is 24.5. The van der Waals surface area contributed by atoms with Crippen LogP contribution < -0.4 is 10.6 Å². The molecule has 0 bridgehead atoms. The van der Waals surface area contributed by atoms with Crippen LogP contribution in [0.4, 0.5) is 0 Å². The molecular formula is C19H20N2O6S. The molecule has 0 aliphatic carbocycles. The average Bonchev–Trinajstić information content (AvgIpc) is 2.70. The number of aliphatic carboxylic acids is 1. The van der Waals surface area contributed by atoms with Crippen molar-refractivity contribution in [2.24, 2.45) is 0 Å². The van der Waals surface area contributed by atoms with E-state index < -0.39 is 46.0 Å². The largest absolute Gasteiger partial charge is 0.480 e. The summed E-state index contributed by atoms with van der Waals surface area (Å²) in [7, 11) is -3.67. The van der Waals surface area contributed by atoms with Crippen molar-refractivity contribution in [3.05, 3.63) is 66.2 Å². The van der Waals surface area contributed by atoms with E-state index in [0.29, 0.717) is 5.56 Å². The van der Waals surface area contributed by atoms with Crippen molar-refractivity contribution in [3.63, 3.8) is 0 Å². The third kappa shape index (κ3) is 6.20. The number of sulfone groups is 1. The molecule has 28 heavy (non-hydrogen) atoms. The molecule has 0 aliphatic rings. The molecule has 0 heterocycles. The van der Waals surface area contributed by atoms with Crippen LogP contribution in [0.5, 0.6) is 0 Å². The Hall–Kier alpha value is -3.20. The van der Waals surface area contributed by atoms with Crippen molar-refractivity contribution in [2.75, 3.05) is 12.3 Å². The van der Waals surface area contributed by atoms with E-state index in [1.165, 1.54) is 12.1 Å². The van der Waals surface area contributed by atoms with Gasteiger partial charge in [-0.05, 0) is 30.7 Å². The number of hydrogen-bond donors (Lipinski definition) is 3.